The van der Waals surface area contributed by atoms with Crippen LogP contribution in [0.25, 0.3) is 11.0 Å². The van der Waals surface area contributed by atoms with Crippen molar-refractivity contribution in [2.45, 2.75) is 23.2 Å². The molecule has 36 heavy (non-hydrogen) atoms. The van der Waals surface area contributed by atoms with Gasteiger partial charge in [-0.05, 0) is 43.3 Å². The number of carbonyl (C=O) groups is 1. The summed E-state index contributed by atoms with van der Waals surface area (Å²) in [6.45, 7) is 1.28. The van der Waals surface area contributed by atoms with E-state index in [1.807, 2.05) is 0 Å². The number of sulfone groups is 1. The predicted molar refractivity (Wildman–Crippen MR) is 121 cm³/mol. The first kappa shape index (κ1) is 23.5. The lowest BCUT2D eigenvalue weighted by atomic mass is 10.2. The van der Waals surface area contributed by atoms with Crippen LogP contribution < -0.4 is 16.0 Å². The Morgan fingerprint density at radius 2 is 1.75 bits per heavy atom. The molecule has 1 atom stereocenters. The number of carbonyl (C=O) groups excluding carboxylic acids is 1. The van der Waals surface area contributed by atoms with Crippen molar-refractivity contribution >= 4 is 55.6 Å². The van der Waals surface area contributed by atoms with E-state index in [9.17, 15) is 30.8 Å². The van der Waals surface area contributed by atoms with E-state index in [2.05, 4.69) is 35.9 Å². The van der Waals surface area contributed by atoms with Gasteiger partial charge in [-0.3, -0.25) is 4.79 Å². The second kappa shape index (κ2) is 8.15. The van der Waals surface area contributed by atoms with E-state index in [-0.39, 0.29) is 39.1 Å². The van der Waals surface area contributed by atoms with Gasteiger partial charge < -0.3 is 20.9 Å². The number of hydrogen-bond donors (Lipinski definition) is 4. The molecule has 2 aromatic carbocycles. The maximum atomic E-state index is 14.4. The average molecular weight is 521 g/mol. The van der Waals surface area contributed by atoms with Gasteiger partial charge >= 0.3 is 6.18 Å². The Kier molecular flexibility index (Phi) is 5.31. The number of anilines is 5. The van der Waals surface area contributed by atoms with Crippen LogP contribution in [-0.2, 0) is 20.8 Å². The van der Waals surface area contributed by atoms with E-state index >= 15 is 0 Å². The fourth-order valence-corrected chi connectivity index (χ4v) is 4.92. The van der Waals surface area contributed by atoms with Crippen LogP contribution in [-0.4, -0.2) is 39.5 Å². The number of fused-ring (bicyclic) bond motifs is 2. The van der Waals surface area contributed by atoms with Gasteiger partial charge in [0, 0.05) is 11.4 Å². The second-order valence-corrected chi connectivity index (χ2v) is 10.1. The van der Waals surface area contributed by atoms with Crippen LogP contribution in [0.15, 0.2) is 47.5 Å². The summed E-state index contributed by atoms with van der Waals surface area (Å²) in [7, 11) is -3.85. The zero-order chi connectivity index (χ0) is 25.8. The normalized spacial score (nSPS) is 16.9. The topological polar surface area (TPSA) is 142 Å². The van der Waals surface area contributed by atoms with Crippen LogP contribution in [0.5, 0.6) is 0 Å². The summed E-state index contributed by atoms with van der Waals surface area (Å²) in [5, 5.41) is 6.73. The number of alkyl halides is 3. The molecule has 4 aromatic rings. The van der Waals surface area contributed by atoms with Gasteiger partial charge in [0.2, 0.25) is 17.7 Å². The lowest BCUT2D eigenvalue weighted by Gasteiger charge is -2.22. The van der Waals surface area contributed by atoms with Gasteiger partial charge in [0.1, 0.15) is 5.25 Å². The maximum Gasteiger partial charge on any atom is 0.449 e. The minimum absolute atomic E-state index is 0.0435. The van der Waals surface area contributed by atoms with Gasteiger partial charge in [0.15, 0.2) is 21.5 Å². The number of halogens is 4. The largest absolute Gasteiger partial charge is 0.449 e. The van der Waals surface area contributed by atoms with Crippen molar-refractivity contribution in [1.29, 1.82) is 0 Å². The van der Waals surface area contributed by atoms with Gasteiger partial charge in [-0.1, -0.05) is 0 Å². The molecule has 10 nitrogen and oxygen atoms in total. The molecule has 0 spiro atoms. The number of nitrogens with one attached hydrogen (secondary N) is 4. The summed E-state index contributed by atoms with van der Waals surface area (Å²) in [5.41, 5.74) is 0.815. The number of benzene rings is 2. The fraction of sp³-hybridized carbons (Fsp3) is 0.143. The van der Waals surface area contributed by atoms with Crippen molar-refractivity contribution in [1.82, 2.24) is 19.9 Å². The molecule has 1 unspecified atom stereocenters. The van der Waals surface area contributed by atoms with Crippen molar-refractivity contribution in [3.8, 4) is 0 Å². The Morgan fingerprint density at radius 1 is 1.03 bits per heavy atom. The number of amides is 1. The van der Waals surface area contributed by atoms with Crippen molar-refractivity contribution < 1.29 is 30.8 Å². The molecule has 0 bridgehead atoms. The Balaban J connectivity index is 1.40. The number of rotatable bonds is 4. The maximum absolute atomic E-state index is 14.4. The molecule has 1 aliphatic heterocycles. The Hall–Kier alpha value is -4.27. The summed E-state index contributed by atoms with van der Waals surface area (Å²) in [4.78, 5) is 25.5. The molecule has 3 heterocycles. The molecule has 15 heteroatoms. The molecular formula is C21H15F4N7O3S. The molecular weight excluding hydrogens is 506 g/mol. The van der Waals surface area contributed by atoms with Crippen molar-refractivity contribution in [2.75, 3.05) is 16.0 Å². The van der Waals surface area contributed by atoms with Crippen molar-refractivity contribution in [3.05, 3.63) is 54.2 Å². The quantitative estimate of drug-likeness (QED) is 0.294. The minimum atomic E-state index is -4.63. The predicted octanol–water partition coefficient (Wildman–Crippen LogP) is 4.11. The van der Waals surface area contributed by atoms with E-state index < -0.39 is 38.8 Å². The molecule has 0 saturated carbocycles. The standard InChI is InChI=1S/C21H15F4N7O3S/c1-9-18(33)29-15-7-10(3-5-16(15)36(9,34)35)27-17-12(22)8-26-20(32-17)28-11-2-4-13-14(6-11)31-19(30-13)21(23,24)25/h2-9H,1H3,(H,29,33)(H,30,31)(H2,26,27,28,32). The molecule has 0 fully saturated rings. The second-order valence-electron chi connectivity index (χ2n) is 7.84. The van der Waals surface area contributed by atoms with Gasteiger partial charge in [0.25, 0.3) is 0 Å². The smallest absolute Gasteiger partial charge is 0.338 e. The number of imidazole rings is 1. The first-order valence-electron chi connectivity index (χ1n) is 10.2. The summed E-state index contributed by atoms with van der Waals surface area (Å²) in [6, 6.07) is 8.19. The average Bonchev–Trinajstić information content (AvgIpc) is 3.24. The minimum Gasteiger partial charge on any atom is -0.338 e. The van der Waals surface area contributed by atoms with Crippen LogP contribution in [0, 0.1) is 5.82 Å². The van der Waals surface area contributed by atoms with Crippen LogP contribution in [0.3, 0.4) is 0 Å². The van der Waals surface area contributed by atoms with E-state index in [0.29, 0.717) is 5.69 Å². The molecule has 4 N–H and O–H groups in total. The van der Waals surface area contributed by atoms with E-state index in [0.717, 1.165) is 6.20 Å². The Morgan fingerprint density at radius 3 is 2.50 bits per heavy atom. The highest BCUT2D eigenvalue weighted by atomic mass is 32.2. The summed E-state index contributed by atoms with van der Waals surface area (Å²) in [5.74, 6) is -3.00. The van der Waals surface area contributed by atoms with Crippen molar-refractivity contribution in [3.63, 3.8) is 0 Å². The molecule has 0 aliphatic carbocycles. The summed E-state index contributed by atoms with van der Waals surface area (Å²) >= 11 is 0. The zero-order valence-electron chi connectivity index (χ0n) is 18.1. The molecule has 2 aromatic heterocycles. The first-order chi connectivity index (χ1) is 16.9. The lowest BCUT2D eigenvalue weighted by molar-refractivity contribution is -0.144. The summed E-state index contributed by atoms with van der Waals surface area (Å²) < 4.78 is 77.9. The summed E-state index contributed by atoms with van der Waals surface area (Å²) in [6.07, 6.45) is -3.75. The third kappa shape index (κ3) is 4.17. The fourth-order valence-electron chi connectivity index (χ4n) is 3.52. The van der Waals surface area contributed by atoms with E-state index in [4.69, 9.17) is 0 Å². The number of nitrogens with zero attached hydrogens (tertiary/aromatic N) is 3. The molecule has 1 amide bonds. The zero-order valence-corrected chi connectivity index (χ0v) is 18.9. The molecule has 186 valence electrons. The monoisotopic (exact) mass is 521 g/mol. The SMILES string of the molecule is CC1C(=O)Nc2cc(Nc3nc(Nc4ccc5nc(C(F)(F)F)[nH]c5c4)ncc3F)ccc2S1(=O)=O. The number of hydrogen-bond acceptors (Lipinski definition) is 8. The Bertz CT molecular complexity index is 1640. The molecule has 0 saturated heterocycles. The molecule has 0 radical (unpaired) electrons. The number of H-pyrrole nitrogens is 1. The third-order valence-electron chi connectivity index (χ3n) is 5.39. The van der Waals surface area contributed by atoms with Gasteiger partial charge in [-0.15, -0.1) is 0 Å². The van der Waals surface area contributed by atoms with Gasteiger partial charge in [0.05, 0.1) is 27.8 Å². The number of aromatic amines is 1. The highest BCUT2D eigenvalue weighted by molar-refractivity contribution is 7.93. The van der Waals surface area contributed by atoms with E-state index in [1.165, 1.54) is 43.3 Å². The van der Waals surface area contributed by atoms with Crippen LogP contribution in [0.1, 0.15) is 12.7 Å². The van der Waals surface area contributed by atoms with Gasteiger partial charge in [-0.25, -0.2) is 22.8 Å². The highest BCUT2D eigenvalue weighted by Crippen LogP contribution is 2.34. The van der Waals surface area contributed by atoms with Crippen LogP contribution in [0.2, 0.25) is 0 Å². The first-order valence-corrected chi connectivity index (χ1v) is 11.8. The lowest BCUT2D eigenvalue weighted by Crippen LogP contribution is -2.37. The number of aromatic nitrogens is 4. The highest BCUT2D eigenvalue weighted by Gasteiger charge is 2.37. The van der Waals surface area contributed by atoms with Crippen molar-refractivity contribution in [2.24, 2.45) is 0 Å². The van der Waals surface area contributed by atoms with Crippen LogP contribution in [0.4, 0.5) is 46.4 Å². The Labute approximate surface area is 200 Å². The molecule has 5 rings (SSSR count). The molecule has 1 aliphatic rings. The van der Waals surface area contributed by atoms with Gasteiger partial charge in [-0.2, -0.15) is 18.2 Å². The van der Waals surface area contributed by atoms with Crippen LogP contribution >= 0.6 is 0 Å². The third-order valence-corrected chi connectivity index (χ3v) is 7.51. The van der Waals surface area contributed by atoms with E-state index in [1.54, 1.807) is 0 Å².